The van der Waals surface area contributed by atoms with Crippen LogP contribution >= 0.6 is 0 Å². The minimum absolute atomic E-state index is 0.124. The molecule has 1 saturated carbocycles. The van der Waals surface area contributed by atoms with Crippen LogP contribution in [0.1, 0.15) is 24.1 Å². The summed E-state index contributed by atoms with van der Waals surface area (Å²) in [6, 6.07) is 4.43. The lowest BCUT2D eigenvalue weighted by atomic mass is 10.2. The van der Waals surface area contributed by atoms with Crippen molar-refractivity contribution >= 4 is 5.97 Å². The summed E-state index contributed by atoms with van der Waals surface area (Å²) in [5, 5.41) is 8.83. The Balaban J connectivity index is 1.99. The number of carboxylic acids is 1. The van der Waals surface area contributed by atoms with E-state index in [4.69, 9.17) is 5.11 Å². The first-order valence-electron chi connectivity index (χ1n) is 5.52. The predicted molar refractivity (Wildman–Crippen MR) is 60.0 cm³/mol. The maximum atomic E-state index is 10.7. The minimum atomic E-state index is -0.757. The molecule has 1 aromatic rings. The summed E-state index contributed by atoms with van der Waals surface area (Å²) in [7, 11) is 0. The van der Waals surface area contributed by atoms with Crippen LogP contribution in [0.2, 0.25) is 0 Å². The molecule has 1 fully saturated rings. The summed E-state index contributed by atoms with van der Waals surface area (Å²) in [4.78, 5) is 17.0. The molecule has 0 saturated heterocycles. The Hall–Kier alpha value is -1.42. The van der Waals surface area contributed by atoms with Crippen molar-refractivity contribution < 1.29 is 9.90 Å². The lowest BCUT2D eigenvalue weighted by Crippen LogP contribution is -2.31. The number of aromatic nitrogens is 1. The first-order valence-corrected chi connectivity index (χ1v) is 5.52. The molecule has 0 amide bonds. The van der Waals surface area contributed by atoms with E-state index in [1.165, 1.54) is 0 Å². The Bertz CT molecular complexity index is 371. The number of aryl methyl sites for hydroxylation is 1. The fourth-order valence-electron chi connectivity index (χ4n) is 1.75. The molecule has 1 N–H and O–H groups in total. The van der Waals surface area contributed by atoms with Crippen molar-refractivity contribution in [1.82, 2.24) is 9.88 Å². The van der Waals surface area contributed by atoms with Crippen LogP contribution < -0.4 is 0 Å². The molecule has 86 valence electrons. The standard InChI is InChI=1S/C12H16N2O2/c1-9-2-3-10(6-13-9)7-14(8-12(15)16)11-4-5-11/h2-3,6,11H,4-5,7-8H2,1H3,(H,15,16). The highest BCUT2D eigenvalue weighted by molar-refractivity contribution is 5.69. The number of nitrogens with zero attached hydrogens (tertiary/aromatic N) is 2. The van der Waals surface area contributed by atoms with E-state index in [-0.39, 0.29) is 6.54 Å². The molecule has 1 aromatic heterocycles. The number of aliphatic carboxylic acids is 1. The average Bonchev–Trinajstić information content (AvgIpc) is 3.03. The Morgan fingerprint density at radius 2 is 2.31 bits per heavy atom. The monoisotopic (exact) mass is 220 g/mol. The molecule has 0 radical (unpaired) electrons. The minimum Gasteiger partial charge on any atom is -0.480 e. The molecule has 1 heterocycles. The quantitative estimate of drug-likeness (QED) is 0.815. The topological polar surface area (TPSA) is 53.4 Å². The van der Waals surface area contributed by atoms with Gasteiger partial charge < -0.3 is 5.11 Å². The molecule has 1 aliphatic carbocycles. The van der Waals surface area contributed by atoms with E-state index in [0.717, 1.165) is 24.1 Å². The van der Waals surface area contributed by atoms with Crippen LogP contribution in [0.5, 0.6) is 0 Å². The van der Waals surface area contributed by atoms with Gasteiger partial charge in [0.05, 0.1) is 6.54 Å². The van der Waals surface area contributed by atoms with E-state index in [1.54, 1.807) is 0 Å². The zero-order valence-electron chi connectivity index (χ0n) is 9.39. The number of pyridine rings is 1. The Morgan fingerprint density at radius 3 is 2.81 bits per heavy atom. The fourth-order valence-corrected chi connectivity index (χ4v) is 1.75. The Kier molecular flexibility index (Phi) is 3.19. The third-order valence-electron chi connectivity index (χ3n) is 2.76. The van der Waals surface area contributed by atoms with Crippen molar-refractivity contribution in [3.63, 3.8) is 0 Å². The van der Waals surface area contributed by atoms with Crippen LogP contribution in [0, 0.1) is 6.92 Å². The zero-order valence-corrected chi connectivity index (χ0v) is 9.39. The van der Waals surface area contributed by atoms with E-state index in [1.807, 2.05) is 30.2 Å². The molecule has 0 spiro atoms. The summed E-state index contributed by atoms with van der Waals surface area (Å²) >= 11 is 0. The van der Waals surface area contributed by atoms with E-state index in [2.05, 4.69) is 4.98 Å². The SMILES string of the molecule is Cc1ccc(CN(CC(=O)O)C2CC2)cn1. The van der Waals surface area contributed by atoms with Gasteiger partial charge in [0, 0.05) is 24.5 Å². The second kappa shape index (κ2) is 4.61. The molecular formula is C12H16N2O2. The third kappa shape index (κ3) is 3.03. The lowest BCUT2D eigenvalue weighted by molar-refractivity contribution is -0.138. The van der Waals surface area contributed by atoms with Gasteiger partial charge in [-0.1, -0.05) is 6.07 Å². The van der Waals surface area contributed by atoms with Gasteiger partial charge in [0.25, 0.3) is 0 Å². The molecule has 0 bridgehead atoms. The number of carboxylic acid groups (broad SMARTS) is 1. The van der Waals surface area contributed by atoms with Crippen molar-refractivity contribution in [3.05, 3.63) is 29.6 Å². The van der Waals surface area contributed by atoms with Crippen molar-refractivity contribution in [3.8, 4) is 0 Å². The fraction of sp³-hybridized carbons (Fsp3) is 0.500. The van der Waals surface area contributed by atoms with Gasteiger partial charge in [0.2, 0.25) is 0 Å². The maximum Gasteiger partial charge on any atom is 0.317 e. The summed E-state index contributed by atoms with van der Waals surface area (Å²) < 4.78 is 0. The van der Waals surface area contributed by atoms with Gasteiger partial charge in [0.1, 0.15) is 0 Å². The van der Waals surface area contributed by atoms with Crippen molar-refractivity contribution in [1.29, 1.82) is 0 Å². The molecule has 0 aliphatic heterocycles. The molecule has 1 aliphatic rings. The molecule has 0 aromatic carbocycles. The lowest BCUT2D eigenvalue weighted by Gasteiger charge is -2.19. The van der Waals surface area contributed by atoms with Gasteiger partial charge in [-0.05, 0) is 31.4 Å². The second-order valence-corrected chi connectivity index (χ2v) is 4.34. The van der Waals surface area contributed by atoms with Crippen LogP contribution in [0.25, 0.3) is 0 Å². The smallest absolute Gasteiger partial charge is 0.317 e. The number of hydrogen-bond donors (Lipinski definition) is 1. The highest BCUT2D eigenvalue weighted by atomic mass is 16.4. The molecule has 2 rings (SSSR count). The van der Waals surface area contributed by atoms with Crippen LogP contribution in [-0.2, 0) is 11.3 Å². The van der Waals surface area contributed by atoms with E-state index < -0.39 is 5.97 Å². The average molecular weight is 220 g/mol. The molecular weight excluding hydrogens is 204 g/mol. The van der Waals surface area contributed by atoms with E-state index >= 15 is 0 Å². The highest BCUT2D eigenvalue weighted by Crippen LogP contribution is 2.27. The van der Waals surface area contributed by atoms with Gasteiger partial charge in [-0.25, -0.2) is 0 Å². The second-order valence-electron chi connectivity index (χ2n) is 4.34. The maximum absolute atomic E-state index is 10.7. The van der Waals surface area contributed by atoms with Crippen LogP contribution in [0.15, 0.2) is 18.3 Å². The summed E-state index contributed by atoms with van der Waals surface area (Å²) in [5.74, 6) is -0.757. The van der Waals surface area contributed by atoms with Crippen molar-refractivity contribution in [2.45, 2.75) is 32.4 Å². The van der Waals surface area contributed by atoms with Gasteiger partial charge in [-0.3, -0.25) is 14.7 Å². The normalized spacial score (nSPS) is 15.4. The van der Waals surface area contributed by atoms with E-state index in [9.17, 15) is 4.79 Å². The molecule has 16 heavy (non-hydrogen) atoms. The first kappa shape index (κ1) is 11.1. The summed E-state index contributed by atoms with van der Waals surface area (Å²) in [6.07, 6.45) is 4.06. The van der Waals surface area contributed by atoms with Gasteiger partial charge >= 0.3 is 5.97 Å². The van der Waals surface area contributed by atoms with Gasteiger partial charge in [-0.2, -0.15) is 0 Å². The third-order valence-corrected chi connectivity index (χ3v) is 2.76. The molecule has 4 nitrogen and oxygen atoms in total. The van der Waals surface area contributed by atoms with Crippen LogP contribution in [-0.4, -0.2) is 33.5 Å². The highest BCUT2D eigenvalue weighted by Gasteiger charge is 2.30. The van der Waals surface area contributed by atoms with Gasteiger partial charge in [0.15, 0.2) is 0 Å². The van der Waals surface area contributed by atoms with Gasteiger partial charge in [-0.15, -0.1) is 0 Å². The van der Waals surface area contributed by atoms with Crippen LogP contribution in [0.3, 0.4) is 0 Å². The summed E-state index contributed by atoms with van der Waals surface area (Å²) in [5.41, 5.74) is 2.07. The van der Waals surface area contributed by atoms with Crippen LogP contribution in [0.4, 0.5) is 0 Å². The predicted octanol–water partition coefficient (Wildman–Crippen LogP) is 1.44. The Morgan fingerprint density at radius 1 is 1.56 bits per heavy atom. The number of carbonyl (C=O) groups is 1. The van der Waals surface area contributed by atoms with E-state index in [0.29, 0.717) is 12.6 Å². The largest absolute Gasteiger partial charge is 0.480 e. The summed E-state index contributed by atoms with van der Waals surface area (Å²) in [6.45, 7) is 2.75. The first-order chi connectivity index (χ1) is 7.65. The molecule has 0 unspecified atom stereocenters. The Labute approximate surface area is 94.9 Å². The van der Waals surface area contributed by atoms with Crippen molar-refractivity contribution in [2.24, 2.45) is 0 Å². The van der Waals surface area contributed by atoms with Crippen molar-refractivity contribution in [2.75, 3.05) is 6.54 Å². The molecule has 0 atom stereocenters. The zero-order chi connectivity index (χ0) is 11.5. The number of rotatable bonds is 5. The number of hydrogen-bond acceptors (Lipinski definition) is 3. The molecule has 4 heteroatoms.